The highest BCUT2D eigenvalue weighted by Crippen LogP contribution is 2.30. The summed E-state index contributed by atoms with van der Waals surface area (Å²) < 4.78 is 0.735. The fourth-order valence-corrected chi connectivity index (χ4v) is 2.58. The van der Waals surface area contributed by atoms with Crippen LogP contribution in [0.2, 0.25) is 10.0 Å². The second-order valence-electron chi connectivity index (χ2n) is 4.31. The Morgan fingerprint density at radius 1 is 1.24 bits per heavy atom. The maximum Gasteiger partial charge on any atom is 0.275 e. The first-order valence-electron chi connectivity index (χ1n) is 6.03. The molecule has 4 nitrogen and oxygen atoms in total. The molecule has 0 bridgehead atoms. The predicted octanol–water partition coefficient (Wildman–Crippen LogP) is 4.75. The zero-order valence-electron chi connectivity index (χ0n) is 11.3. The van der Waals surface area contributed by atoms with Gasteiger partial charge in [-0.05, 0) is 52.7 Å². The van der Waals surface area contributed by atoms with Crippen molar-refractivity contribution in [1.29, 1.82) is 0 Å². The minimum atomic E-state index is -0.405. The van der Waals surface area contributed by atoms with E-state index in [-0.39, 0.29) is 10.7 Å². The van der Waals surface area contributed by atoms with Crippen LogP contribution in [0.15, 0.2) is 28.7 Å². The third-order valence-corrected chi connectivity index (χ3v) is 4.18. The Balaban J connectivity index is 2.32. The second-order valence-corrected chi connectivity index (χ2v) is 5.98. The van der Waals surface area contributed by atoms with Gasteiger partial charge in [-0.25, -0.2) is 4.98 Å². The number of rotatable bonds is 3. The van der Waals surface area contributed by atoms with Crippen LogP contribution in [0.3, 0.4) is 0 Å². The molecule has 0 aliphatic heterocycles. The summed E-state index contributed by atoms with van der Waals surface area (Å²) in [5.74, 6) is 0.156. The first-order valence-corrected chi connectivity index (χ1v) is 7.58. The van der Waals surface area contributed by atoms with Gasteiger partial charge in [-0.3, -0.25) is 4.79 Å². The Kier molecular flexibility index (Phi) is 5.08. The van der Waals surface area contributed by atoms with Crippen LogP contribution in [0.1, 0.15) is 16.1 Å². The van der Waals surface area contributed by atoms with Crippen LogP contribution in [-0.4, -0.2) is 17.9 Å². The van der Waals surface area contributed by atoms with Gasteiger partial charge in [-0.1, -0.05) is 23.2 Å². The molecule has 1 heterocycles. The summed E-state index contributed by atoms with van der Waals surface area (Å²) in [6, 6.07) is 6.82. The van der Waals surface area contributed by atoms with Crippen molar-refractivity contribution in [2.75, 3.05) is 17.7 Å². The van der Waals surface area contributed by atoms with Gasteiger partial charge in [0.15, 0.2) is 0 Å². The summed E-state index contributed by atoms with van der Waals surface area (Å²) in [6.07, 6.45) is 0. The SMILES string of the molecule is CNc1ccc(Cl)c(C(=O)Nc2cc(Cl)c(C)cc2Br)n1. The molecule has 0 aliphatic carbocycles. The average molecular weight is 389 g/mol. The molecule has 0 saturated carbocycles. The normalized spacial score (nSPS) is 10.3. The maximum atomic E-state index is 12.3. The Bertz CT molecular complexity index is 707. The molecule has 0 aliphatic rings. The number of aromatic nitrogens is 1. The molecule has 2 N–H and O–H groups in total. The molecule has 0 radical (unpaired) electrons. The van der Waals surface area contributed by atoms with Gasteiger partial charge in [-0.2, -0.15) is 0 Å². The van der Waals surface area contributed by atoms with E-state index < -0.39 is 5.91 Å². The zero-order chi connectivity index (χ0) is 15.6. The molecule has 2 rings (SSSR count). The van der Waals surface area contributed by atoms with Gasteiger partial charge in [0.1, 0.15) is 11.5 Å². The van der Waals surface area contributed by atoms with Crippen LogP contribution in [0.5, 0.6) is 0 Å². The number of carbonyl (C=O) groups is 1. The van der Waals surface area contributed by atoms with Crippen LogP contribution in [-0.2, 0) is 0 Å². The van der Waals surface area contributed by atoms with Crippen LogP contribution >= 0.6 is 39.1 Å². The number of aryl methyl sites for hydroxylation is 1. The van der Waals surface area contributed by atoms with Crippen LogP contribution in [0.4, 0.5) is 11.5 Å². The van der Waals surface area contributed by atoms with E-state index in [1.54, 1.807) is 25.2 Å². The summed E-state index contributed by atoms with van der Waals surface area (Å²) in [5, 5.41) is 6.45. The molecule has 21 heavy (non-hydrogen) atoms. The largest absolute Gasteiger partial charge is 0.373 e. The van der Waals surface area contributed by atoms with Crippen molar-refractivity contribution >= 4 is 56.5 Å². The van der Waals surface area contributed by atoms with E-state index in [1.807, 2.05) is 13.0 Å². The fraction of sp³-hybridized carbons (Fsp3) is 0.143. The molecule has 0 fully saturated rings. The number of hydrogen-bond acceptors (Lipinski definition) is 3. The number of carbonyl (C=O) groups excluding carboxylic acids is 1. The monoisotopic (exact) mass is 387 g/mol. The smallest absolute Gasteiger partial charge is 0.275 e. The third kappa shape index (κ3) is 3.67. The van der Waals surface area contributed by atoms with Gasteiger partial charge in [0.25, 0.3) is 5.91 Å². The summed E-state index contributed by atoms with van der Waals surface area (Å²) in [6.45, 7) is 1.88. The van der Waals surface area contributed by atoms with Gasteiger partial charge < -0.3 is 10.6 Å². The van der Waals surface area contributed by atoms with E-state index in [0.717, 1.165) is 10.0 Å². The number of nitrogens with one attached hydrogen (secondary N) is 2. The molecular weight excluding hydrogens is 377 g/mol. The molecule has 2 aromatic rings. The van der Waals surface area contributed by atoms with E-state index >= 15 is 0 Å². The third-order valence-electron chi connectivity index (χ3n) is 2.81. The average Bonchev–Trinajstić information content (AvgIpc) is 2.45. The van der Waals surface area contributed by atoms with Crippen molar-refractivity contribution in [3.05, 3.63) is 50.0 Å². The summed E-state index contributed by atoms with van der Waals surface area (Å²) in [4.78, 5) is 16.5. The van der Waals surface area contributed by atoms with E-state index in [1.165, 1.54) is 0 Å². The van der Waals surface area contributed by atoms with Crippen molar-refractivity contribution in [2.45, 2.75) is 6.92 Å². The van der Waals surface area contributed by atoms with Crippen molar-refractivity contribution in [2.24, 2.45) is 0 Å². The molecular formula is C14H12BrCl2N3O. The molecule has 1 aromatic carbocycles. The van der Waals surface area contributed by atoms with Crippen LogP contribution in [0.25, 0.3) is 0 Å². The number of nitrogens with zero attached hydrogens (tertiary/aromatic N) is 1. The van der Waals surface area contributed by atoms with Crippen LogP contribution in [0, 0.1) is 6.92 Å². The molecule has 0 spiro atoms. The first-order chi connectivity index (χ1) is 9.92. The molecule has 1 amide bonds. The number of hydrogen-bond donors (Lipinski definition) is 2. The molecule has 0 saturated heterocycles. The Morgan fingerprint density at radius 3 is 2.62 bits per heavy atom. The summed E-state index contributed by atoms with van der Waals surface area (Å²) in [5.41, 5.74) is 1.62. The Labute approximate surface area is 141 Å². The second kappa shape index (κ2) is 6.64. The standard InChI is InChI=1S/C14H12BrCl2N3O/c1-7-5-8(15)11(6-10(7)17)19-14(21)13-9(16)3-4-12(18-2)20-13/h3-6H,1-2H3,(H,18,20)(H,19,21). The van der Waals surface area contributed by atoms with Gasteiger partial charge in [-0.15, -0.1) is 0 Å². The first kappa shape index (κ1) is 16.1. The van der Waals surface area contributed by atoms with Crippen molar-refractivity contribution in [3.8, 4) is 0 Å². The highest BCUT2D eigenvalue weighted by Gasteiger charge is 2.15. The number of amides is 1. The van der Waals surface area contributed by atoms with Crippen molar-refractivity contribution in [3.63, 3.8) is 0 Å². The Morgan fingerprint density at radius 2 is 1.95 bits per heavy atom. The van der Waals surface area contributed by atoms with E-state index in [9.17, 15) is 4.79 Å². The van der Waals surface area contributed by atoms with Crippen LogP contribution < -0.4 is 10.6 Å². The number of pyridine rings is 1. The molecule has 0 unspecified atom stereocenters. The van der Waals surface area contributed by atoms with E-state index in [2.05, 4.69) is 31.5 Å². The van der Waals surface area contributed by atoms with Gasteiger partial charge in [0.2, 0.25) is 0 Å². The fourth-order valence-electron chi connectivity index (χ4n) is 1.66. The number of halogens is 3. The van der Waals surface area contributed by atoms with Gasteiger partial charge in [0.05, 0.1) is 10.7 Å². The Hall–Kier alpha value is -1.30. The van der Waals surface area contributed by atoms with Crippen molar-refractivity contribution < 1.29 is 4.79 Å². The van der Waals surface area contributed by atoms with E-state index in [4.69, 9.17) is 23.2 Å². The lowest BCUT2D eigenvalue weighted by atomic mass is 10.2. The quantitative estimate of drug-likeness (QED) is 0.797. The van der Waals surface area contributed by atoms with Gasteiger partial charge >= 0.3 is 0 Å². The minimum absolute atomic E-state index is 0.145. The number of anilines is 2. The topological polar surface area (TPSA) is 54.0 Å². The lowest BCUT2D eigenvalue weighted by Crippen LogP contribution is -2.15. The zero-order valence-corrected chi connectivity index (χ0v) is 14.4. The van der Waals surface area contributed by atoms with Gasteiger partial charge in [0, 0.05) is 16.5 Å². The summed E-state index contributed by atoms with van der Waals surface area (Å²) >= 11 is 15.5. The molecule has 7 heteroatoms. The highest BCUT2D eigenvalue weighted by molar-refractivity contribution is 9.10. The summed E-state index contributed by atoms with van der Waals surface area (Å²) in [7, 11) is 1.72. The number of benzene rings is 1. The van der Waals surface area contributed by atoms with Crippen molar-refractivity contribution in [1.82, 2.24) is 4.98 Å². The van der Waals surface area contributed by atoms with E-state index in [0.29, 0.717) is 16.5 Å². The highest BCUT2D eigenvalue weighted by atomic mass is 79.9. The minimum Gasteiger partial charge on any atom is -0.373 e. The lowest BCUT2D eigenvalue weighted by molar-refractivity contribution is 0.102. The lowest BCUT2D eigenvalue weighted by Gasteiger charge is -2.11. The maximum absolute atomic E-state index is 12.3. The molecule has 110 valence electrons. The molecule has 1 aromatic heterocycles. The molecule has 0 atom stereocenters. The predicted molar refractivity (Wildman–Crippen MR) is 90.6 cm³/mol.